The van der Waals surface area contributed by atoms with E-state index in [9.17, 15) is 57.5 Å². The van der Waals surface area contributed by atoms with Crippen molar-refractivity contribution in [2.45, 2.75) is 71.4 Å². The molecule has 2 aliphatic heterocycles. The Kier molecular flexibility index (Phi) is 7.71. The minimum atomic E-state index is -6.39. The van der Waals surface area contributed by atoms with Crippen molar-refractivity contribution >= 4 is 37.2 Å². The molecule has 2 unspecified atom stereocenters. The zero-order chi connectivity index (χ0) is 32.7. The van der Waals surface area contributed by atoms with E-state index in [0.717, 1.165) is 23.1 Å². The van der Waals surface area contributed by atoms with Gasteiger partial charge in [0.1, 0.15) is 10.3 Å². The molecule has 0 spiro atoms. The lowest BCUT2D eigenvalue weighted by Crippen LogP contribution is -2.58. The summed E-state index contributed by atoms with van der Waals surface area (Å²) in [5.74, 6) is -1.91. The lowest BCUT2D eigenvalue weighted by Gasteiger charge is -2.44. The number of amides is 1. The monoisotopic (exact) mass is 691 g/mol. The molecule has 0 saturated carbocycles. The SMILES string of the molecule is O=C(N1CCC2(S(=O)(=O)c3ccc(Cl)cc3)c3ccc(C(F)(C(F)(F)F)C(F)(F)F)cc3CCC12)C1(O)CCS(=O)(=O)CC1. The first kappa shape index (κ1) is 32.9. The van der Waals surface area contributed by atoms with E-state index in [1.54, 1.807) is 0 Å². The number of sulfone groups is 2. The number of fused-ring (bicyclic) bond motifs is 3. The highest BCUT2D eigenvalue weighted by molar-refractivity contribution is 7.92. The van der Waals surface area contributed by atoms with Gasteiger partial charge in [-0.05, 0) is 67.5 Å². The number of halogens is 8. The summed E-state index contributed by atoms with van der Waals surface area (Å²) < 4.78 is 147. The topological polar surface area (TPSA) is 109 Å². The summed E-state index contributed by atoms with van der Waals surface area (Å²) in [4.78, 5) is 14.5. The van der Waals surface area contributed by atoms with Crippen LogP contribution in [0.3, 0.4) is 0 Å². The van der Waals surface area contributed by atoms with Crippen molar-refractivity contribution in [1.29, 1.82) is 0 Å². The van der Waals surface area contributed by atoms with Crippen LogP contribution in [0.2, 0.25) is 5.02 Å². The fourth-order valence-electron chi connectivity index (χ4n) is 6.65. The number of carbonyl (C=O) groups excluding carboxylic acids is 1. The molecule has 7 nitrogen and oxygen atoms in total. The number of likely N-dealkylation sites (tertiary alicyclic amines) is 1. The number of carbonyl (C=O) groups is 1. The number of aryl methyl sites for hydroxylation is 1. The van der Waals surface area contributed by atoms with E-state index in [0.29, 0.717) is 6.07 Å². The number of aliphatic hydroxyl groups is 1. The van der Waals surface area contributed by atoms with Gasteiger partial charge in [0.25, 0.3) is 5.91 Å². The van der Waals surface area contributed by atoms with Crippen molar-refractivity contribution in [2.75, 3.05) is 18.1 Å². The lowest BCUT2D eigenvalue weighted by atomic mass is 9.76. The lowest BCUT2D eigenvalue weighted by molar-refractivity contribution is -0.348. The van der Waals surface area contributed by atoms with E-state index in [-0.39, 0.29) is 52.9 Å². The fraction of sp³-hybridized carbons (Fsp3) is 0.519. The number of hydrogen-bond acceptors (Lipinski definition) is 6. The zero-order valence-corrected chi connectivity index (χ0v) is 24.9. The zero-order valence-electron chi connectivity index (χ0n) is 22.6. The Morgan fingerprint density at radius 2 is 1.50 bits per heavy atom. The first-order valence-electron chi connectivity index (χ1n) is 13.3. The largest absolute Gasteiger partial charge is 0.435 e. The Labute approximate surface area is 252 Å². The molecule has 0 bridgehead atoms. The Morgan fingerprint density at radius 3 is 2.05 bits per heavy atom. The molecule has 2 aromatic carbocycles. The Balaban J connectivity index is 1.67. The van der Waals surface area contributed by atoms with E-state index < -0.39 is 89.9 Å². The van der Waals surface area contributed by atoms with Crippen LogP contribution < -0.4 is 0 Å². The number of nitrogens with zero attached hydrogens (tertiary/aromatic N) is 1. The molecular formula is C27H25ClF7NO6S2. The van der Waals surface area contributed by atoms with Gasteiger partial charge in [-0.1, -0.05) is 29.8 Å². The van der Waals surface area contributed by atoms with Crippen LogP contribution in [-0.2, 0) is 41.3 Å². The van der Waals surface area contributed by atoms with Gasteiger partial charge >= 0.3 is 18.0 Å². The van der Waals surface area contributed by atoms with E-state index in [1.807, 2.05) is 0 Å². The molecule has 2 saturated heterocycles. The molecule has 2 atom stereocenters. The van der Waals surface area contributed by atoms with Crippen LogP contribution in [-0.4, -0.2) is 74.8 Å². The summed E-state index contributed by atoms with van der Waals surface area (Å²) in [5, 5.41) is 11.3. The van der Waals surface area contributed by atoms with Crippen molar-refractivity contribution in [3.8, 4) is 0 Å². The second kappa shape index (κ2) is 10.3. The molecule has 0 aromatic heterocycles. The van der Waals surface area contributed by atoms with Gasteiger partial charge in [0.05, 0.1) is 22.4 Å². The normalized spacial score (nSPS) is 25.3. The van der Waals surface area contributed by atoms with Crippen molar-refractivity contribution < 1.29 is 57.5 Å². The van der Waals surface area contributed by atoms with Crippen LogP contribution in [0, 0.1) is 0 Å². The summed E-state index contributed by atoms with van der Waals surface area (Å²) >= 11 is 5.92. The van der Waals surface area contributed by atoms with Gasteiger partial charge in [-0.2, -0.15) is 26.3 Å². The predicted molar refractivity (Wildman–Crippen MR) is 143 cm³/mol. The van der Waals surface area contributed by atoms with Crippen molar-refractivity contribution in [1.82, 2.24) is 4.90 Å². The summed E-state index contributed by atoms with van der Waals surface area (Å²) in [5.41, 5.74) is -10.1. The molecule has 2 heterocycles. The van der Waals surface area contributed by atoms with Crippen molar-refractivity contribution in [3.05, 3.63) is 64.2 Å². The van der Waals surface area contributed by atoms with E-state index >= 15 is 0 Å². The Hall–Kier alpha value is -2.43. The van der Waals surface area contributed by atoms with Gasteiger partial charge in [0.15, 0.2) is 19.7 Å². The third-order valence-electron chi connectivity index (χ3n) is 8.98. The molecule has 3 aliphatic rings. The predicted octanol–water partition coefficient (Wildman–Crippen LogP) is 4.79. The van der Waals surface area contributed by atoms with Crippen LogP contribution in [0.5, 0.6) is 0 Å². The van der Waals surface area contributed by atoms with Crippen LogP contribution >= 0.6 is 11.6 Å². The number of rotatable bonds is 4. The standard InChI is InChI=1S/C27H25ClF7NO6S2/c28-18-3-5-19(6-4-18)44(41,42)24-9-12-36(22(37)23(38)10-13-43(39,40)14-11-23)21(24)8-1-16-15-17(2-7-20(16)24)25(29,26(30,31)32)27(33,34)35/h2-7,15,21,38H,1,8-14H2. The minimum Gasteiger partial charge on any atom is -0.380 e. The molecule has 44 heavy (non-hydrogen) atoms. The van der Waals surface area contributed by atoms with Crippen molar-refractivity contribution in [2.24, 2.45) is 0 Å². The minimum absolute atomic E-state index is 0.169. The highest BCUT2D eigenvalue weighted by atomic mass is 35.5. The number of benzene rings is 2. The highest BCUT2D eigenvalue weighted by Crippen LogP contribution is 2.57. The van der Waals surface area contributed by atoms with Crippen molar-refractivity contribution in [3.63, 3.8) is 0 Å². The van der Waals surface area contributed by atoms with E-state index in [1.165, 1.54) is 12.1 Å². The van der Waals surface area contributed by atoms with Crippen LogP contribution in [0.4, 0.5) is 30.7 Å². The molecule has 2 fully saturated rings. The summed E-state index contributed by atoms with van der Waals surface area (Å²) in [7, 11) is -8.11. The van der Waals surface area contributed by atoms with Gasteiger partial charge in [-0.15, -0.1) is 0 Å². The molecular weight excluding hydrogens is 667 g/mol. The Morgan fingerprint density at radius 1 is 0.932 bits per heavy atom. The van der Waals surface area contributed by atoms with Gasteiger partial charge in [-0.3, -0.25) is 4.79 Å². The molecule has 2 aromatic rings. The number of alkyl halides is 7. The highest BCUT2D eigenvalue weighted by Gasteiger charge is 2.74. The van der Waals surface area contributed by atoms with Gasteiger partial charge in [0.2, 0.25) is 0 Å². The van der Waals surface area contributed by atoms with Gasteiger partial charge < -0.3 is 10.0 Å². The maximum Gasteiger partial charge on any atom is 0.435 e. The number of hydrogen-bond donors (Lipinski definition) is 1. The second-order valence-electron chi connectivity index (χ2n) is 11.4. The van der Waals surface area contributed by atoms with Gasteiger partial charge in [0, 0.05) is 17.1 Å². The third kappa shape index (κ3) is 4.81. The average molecular weight is 692 g/mol. The van der Waals surface area contributed by atoms with E-state index in [2.05, 4.69) is 0 Å². The summed E-state index contributed by atoms with van der Waals surface area (Å²) in [6, 6.07) is 4.95. The maximum absolute atomic E-state index is 15.0. The first-order valence-corrected chi connectivity index (χ1v) is 17.0. The molecule has 17 heteroatoms. The fourth-order valence-corrected chi connectivity index (χ4v) is 10.6. The average Bonchev–Trinajstić information content (AvgIpc) is 3.34. The molecule has 1 amide bonds. The second-order valence-corrected chi connectivity index (χ2v) is 16.3. The molecule has 242 valence electrons. The summed E-state index contributed by atoms with van der Waals surface area (Å²) in [6.45, 7) is -0.287. The molecule has 0 radical (unpaired) electrons. The van der Waals surface area contributed by atoms with Crippen LogP contribution in [0.15, 0.2) is 47.4 Å². The van der Waals surface area contributed by atoms with E-state index in [4.69, 9.17) is 11.6 Å². The quantitative estimate of drug-likeness (QED) is 0.463. The Bertz CT molecular complexity index is 1680. The van der Waals surface area contributed by atoms with Crippen LogP contribution in [0.25, 0.3) is 0 Å². The van der Waals surface area contributed by atoms with Gasteiger partial charge in [-0.25, -0.2) is 21.2 Å². The molecule has 5 rings (SSSR count). The maximum atomic E-state index is 15.0. The summed E-state index contributed by atoms with van der Waals surface area (Å²) in [6.07, 6.45) is -14.6. The molecule has 1 N–H and O–H groups in total. The smallest absolute Gasteiger partial charge is 0.380 e. The first-order chi connectivity index (χ1) is 20.1. The third-order valence-corrected chi connectivity index (χ3v) is 13.4. The molecule has 1 aliphatic carbocycles. The van der Waals surface area contributed by atoms with Crippen LogP contribution in [0.1, 0.15) is 42.4 Å².